The highest BCUT2D eigenvalue weighted by Gasteiger charge is 1.95. The minimum atomic E-state index is 0.924. The Morgan fingerprint density at radius 3 is 2.70 bits per heavy atom. The van der Waals surface area contributed by atoms with Crippen LogP contribution in [0.1, 0.15) is 0 Å². The first-order valence-corrected chi connectivity index (χ1v) is 4.53. The Kier molecular flexibility index (Phi) is 2.94. The van der Waals surface area contributed by atoms with Crippen molar-refractivity contribution < 1.29 is 0 Å². The van der Waals surface area contributed by atoms with Gasteiger partial charge in [0.05, 0.1) is 0 Å². The number of nitrogens with one attached hydrogen (secondary N) is 1. The number of nitrogens with two attached hydrogens (primary N) is 1. The highest BCUT2D eigenvalue weighted by atomic mass is 127. The van der Waals surface area contributed by atoms with Crippen LogP contribution >= 0.6 is 38.5 Å². The predicted octanol–water partition coefficient (Wildman–Crippen LogP) is 2.34. The lowest BCUT2D eigenvalue weighted by Gasteiger charge is -2.00. The molecule has 0 saturated heterocycles. The van der Waals surface area contributed by atoms with Gasteiger partial charge in [-0.15, -0.1) is 0 Å². The molecule has 1 rings (SSSR count). The van der Waals surface area contributed by atoms with Crippen molar-refractivity contribution in [2.75, 3.05) is 5.43 Å². The minimum Gasteiger partial charge on any atom is -0.324 e. The number of halogens is 2. The van der Waals surface area contributed by atoms with Crippen molar-refractivity contribution in [2.24, 2.45) is 5.84 Å². The summed E-state index contributed by atoms with van der Waals surface area (Å²) in [7, 11) is 0. The van der Waals surface area contributed by atoms with Gasteiger partial charge in [-0.05, 0) is 56.7 Å². The fourth-order valence-corrected chi connectivity index (χ4v) is 1.35. The highest BCUT2D eigenvalue weighted by molar-refractivity contribution is 14.1. The third-order valence-corrected chi connectivity index (χ3v) is 3.41. The lowest BCUT2D eigenvalue weighted by atomic mass is 10.3. The van der Waals surface area contributed by atoms with E-state index in [-0.39, 0.29) is 0 Å². The summed E-state index contributed by atoms with van der Waals surface area (Å²) in [6.45, 7) is 0. The van der Waals surface area contributed by atoms with E-state index < -0.39 is 0 Å². The molecule has 0 heterocycles. The van der Waals surface area contributed by atoms with Crippen LogP contribution in [0.3, 0.4) is 0 Å². The van der Waals surface area contributed by atoms with Crippen LogP contribution in [0.25, 0.3) is 0 Å². The average Bonchev–Trinajstić information content (AvgIpc) is 1.95. The van der Waals surface area contributed by atoms with Gasteiger partial charge in [-0.3, -0.25) is 5.84 Å². The summed E-state index contributed by atoms with van der Waals surface area (Å²) in [6, 6.07) is 5.83. The van der Waals surface area contributed by atoms with Gasteiger partial charge < -0.3 is 5.43 Å². The first-order valence-electron chi connectivity index (χ1n) is 2.65. The zero-order chi connectivity index (χ0) is 7.56. The summed E-state index contributed by atoms with van der Waals surface area (Å²) in [5.41, 5.74) is 3.49. The molecule has 0 bridgehead atoms. The molecule has 0 radical (unpaired) electrons. The maximum Gasteiger partial charge on any atom is 0.0496 e. The lowest BCUT2D eigenvalue weighted by Crippen LogP contribution is -2.06. The average molecular weight is 313 g/mol. The van der Waals surface area contributed by atoms with Crippen LogP contribution in [0.15, 0.2) is 22.7 Å². The largest absolute Gasteiger partial charge is 0.324 e. The molecule has 0 aliphatic heterocycles. The molecule has 3 N–H and O–H groups in total. The van der Waals surface area contributed by atoms with Gasteiger partial charge in [-0.2, -0.15) is 0 Å². The van der Waals surface area contributed by atoms with Gasteiger partial charge >= 0.3 is 0 Å². The quantitative estimate of drug-likeness (QED) is 0.474. The van der Waals surface area contributed by atoms with Gasteiger partial charge in [0, 0.05) is 13.7 Å². The van der Waals surface area contributed by atoms with Crippen molar-refractivity contribution in [1.29, 1.82) is 0 Å². The first kappa shape index (κ1) is 8.29. The number of hydrazine groups is 1. The number of anilines is 1. The van der Waals surface area contributed by atoms with E-state index in [9.17, 15) is 0 Å². The van der Waals surface area contributed by atoms with Gasteiger partial charge in [-0.25, -0.2) is 0 Å². The summed E-state index contributed by atoms with van der Waals surface area (Å²) in [4.78, 5) is 0. The monoisotopic (exact) mass is 312 g/mol. The second kappa shape index (κ2) is 3.54. The van der Waals surface area contributed by atoms with E-state index in [1.165, 1.54) is 0 Å². The Labute approximate surface area is 81.4 Å². The van der Waals surface area contributed by atoms with Crippen LogP contribution in [0.2, 0.25) is 0 Å². The number of hydrogen-bond donors (Lipinski definition) is 2. The number of nitrogen functional groups attached to an aromatic ring is 1. The summed E-state index contributed by atoms with van der Waals surface area (Å²) < 4.78 is 2.24. The number of hydrogen-bond acceptors (Lipinski definition) is 2. The summed E-state index contributed by atoms with van der Waals surface area (Å²) >= 11 is 5.61. The Morgan fingerprint density at radius 2 is 2.20 bits per heavy atom. The molecule has 1 aromatic rings. The van der Waals surface area contributed by atoms with E-state index in [0.717, 1.165) is 13.7 Å². The van der Waals surface area contributed by atoms with E-state index in [1.807, 2.05) is 18.2 Å². The third kappa shape index (κ3) is 1.83. The van der Waals surface area contributed by atoms with Crippen LogP contribution < -0.4 is 11.3 Å². The van der Waals surface area contributed by atoms with Crippen molar-refractivity contribution in [1.82, 2.24) is 0 Å². The van der Waals surface area contributed by atoms with E-state index in [4.69, 9.17) is 5.84 Å². The van der Waals surface area contributed by atoms with Crippen LogP contribution in [0, 0.1) is 3.57 Å². The zero-order valence-corrected chi connectivity index (χ0v) is 8.81. The summed E-state index contributed by atoms with van der Waals surface area (Å²) in [6.07, 6.45) is 0. The van der Waals surface area contributed by atoms with Crippen molar-refractivity contribution >= 4 is 44.2 Å². The standard InChI is InChI=1S/C6H6BrIN2/c7-5-2-1-4(10-9)3-6(5)8/h1-3,10H,9H2. The topological polar surface area (TPSA) is 38.0 Å². The Bertz CT molecular complexity index is 239. The smallest absolute Gasteiger partial charge is 0.0496 e. The number of rotatable bonds is 1. The van der Waals surface area contributed by atoms with Gasteiger partial charge in [0.25, 0.3) is 0 Å². The second-order valence-electron chi connectivity index (χ2n) is 1.77. The van der Waals surface area contributed by atoms with E-state index >= 15 is 0 Å². The molecule has 0 aromatic heterocycles. The molecule has 10 heavy (non-hydrogen) atoms. The molecule has 4 heteroatoms. The Morgan fingerprint density at radius 1 is 1.50 bits per heavy atom. The summed E-state index contributed by atoms with van der Waals surface area (Å²) in [5.74, 6) is 5.20. The Hall–Kier alpha value is 0.190. The zero-order valence-electron chi connectivity index (χ0n) is 5.07. The molecule has 54 valence electrons. The fraction of sp³-hybridized carbons (Fsp3) is 0. The molecule has 2 nitrogen and oxygen atoms in total. The third-order valence-electron chi connectivity index (χ3n) is 1.09. The molecule has 0 aliphatic rings. The van der Waals surface area contributed by atoms with E-state index in [1.54, 1.807) is 0 Å². The first-order chi connectivity index (χ1) is 4.74. The highest BCUT2D eigenvalue weighted by Crippen LogP contribution is 2.21. The maximum atomic E-state index is 5.20. The lowest BCUT2D eigenvalue weighted by molar-refractivity contribution is 1.34. The van der Waals surface area contributed by atoms with Crippen LogP contribution in [0.5, 0.6) is 0 Å². The molecule has 0 spiro atoms. The van der Waals surface area contributed by atoms with Gasteiger partial charge in [0.15, 0.2) is 0 Å². The van der Waals surface area contributed by atoms with Crippen LogP contribution in [-0.4, -0.2) is 0 Å². The molecule has 0 unspecified atom stereocenters. The maximum absolute atomic E-state index is 5.20. The molecule has 0 saturated carbocycles. The molecular formula is C6H6BrIN2. The van der Waals surface area contributed by atoms with E-state index in [0.29, 0.717) is 0 Å². The minimum absolute atomic E-state index is 0.924. The van der Waals surface area contributed by atoms with Crippen molar-refractivity contribution in [3.05, 3.63) is 26.2 Å². The van der Waals surface area contributed by atoms with Crippen LogP contribution in [0.4, 0.5) is 5.69 Å². The van der Waals surface area contributed by atoms with E-state index in [2.05, 4.69) is 43.9 Å². The van der Waals surface area contributed by atoms with Crippen molar-refractivity contribution in [3.63, 3.8) is 0 Å². The van der Waals surface area contributed by atoms with Crippen molar-refractivity contribution in [2.45, 2.75) is 0 Å². The number of benzene rings is 1. The normalized spacial score (nSPS) is 9.50. The van der Waals surface area contributed by atoms with Gasteiger partial charge in [-0.1, -0.05) is 0 Å². The molecule has 0 fully saturated rings. The summed E-state index contributed by atoms with van der Waals surface area (Å²) in [5, 5.41) is 0. The van der Waals surface area contributed by atoms with Crippen molar-refractivity contribution in [3.8, 4) is 0 Å². The molecule has 0 amide bonds. The van der Waals surface area contributed by atoms with Gasteiger partial charge in [0.2, 0.25) is 0 Å². The molecule has 0 atom stereocenters. The second-order valence-corrected chi connectivity index (χ2v) is 3.79. The predicted molar refractivity (Wildman–Crippen MR) is 54.7 cm³/mol. The fourth-order valence-electron chi connectivity index (χ4n) is 0.586. The van der Waals surface area contributed by atoms with Gasteiger partial charge in [0.1, 0.15) is 0 Å². The molecule has 0 aliphatic carbocycles. The molecule has 1 aromatic carbocycles. The molecular weight excluding hydrogens is 307 g/mol. The Balaban J connectivity index is 3.04. The SMILES string of the molecule is NNc1ccc(Br)c(I)c1. The van der Waals surface area contributed by atoms with Crippen LogP contribution in [-0.2, 0) is 0 Å².